The van der Waals surface area contributed by atoms with Crippen LogP contribution in [0, 0.1) is 0 Å². The molecule has 98 valence electrons. The van der Waals surface area contributed by atoms with E-state index in [9.17, 15) is 4.79 Å². The summed E-state index contributed by atoms with van der Waals surface area (Å²) in [5.41, 5.74) is 0. The highest BCUT2D eigenvalue weighted by molar-refractivity contribution is 5.72. The van der Waals surface area contributed by atoms with E-state index in [1.807, 2.05) is 6.07 Å². The maximum absolute atomic E-state index is 11.9. The normalized spacial score (nSPS) is 18.8. The van der Waals surface area contributed by atoms with Gasteiger partial charge in [-0.25, -0.2) is 4.79 Å². The van der Waals surface area contributed by atoms with Crippen LogP contribution in [-0.2, 0) is 4.74 Å². The molecule has 5 heteroatoms. The molecule has 0 spiro atoms. The first-order chi connectivity index (χ1) is 8.74. The number of methoxy groups -OCH3 is 2. The third-order valence-corrected chi connectivity index (χ3v) is 3.00. The van der Waals surface area contributed by atoms with Crippen LogP contribution in [0.25, 0.3) is 0 Å². The van der Waals surface area contributed by atoms with Crippen LogP contribution in [0.15, 0.2) is 24.3 Å². The molecule has 1 aromatic carbocycles. The van der Waals surface area contributed by atoms with Crippen LogP contribution in [0.2, 0.25) is 0 Å². The molecule has 0 aromatic heterocycles. The molecule has 5 nitrogen and oxygen atoms in total. The second kappa shape index (κ2) is 5.73. The summed E-state index contributed by atoms with van der Waals surface area (Å²) < 4.78 is 15.7. The molecular weight excluding hydrogens is 234 g/mol. The van der Waals surface area contributed by atoms with E-state index in [4.69, 9.17) is 14.2 Å². The number of para-hydroxylation sites is 2. The van der Waals surface area contributed by atoms with Crippen molar-refractivity contribution in [2.45, 2.75) is 12.5 Å². The predicted molar refractivity (Wildman–Crippen MR) is 66.0 cm³/mol. The Kier molecular flexibility index (Phi) is 4.04. The maximum Gasteiger partial charge on any atom is 0.415 e. The summed E-state index contributed by atoms with van der Waals surface area (Å²) in [6.07, 6.45) is 0.589. The van der Waals surface area contributed by atoms with Crippen LogP contribution in [0.3, 0.4) is 0 Å². The monoisotopic (exact) mass is 251 g/mol. The van der Waals surface area contributed by atoms with Gasteiger partial charge >= 0.3 is 6.09 Å². The highest BCUT2D eigenvalue weighted by atomic mass is 16.6. The topological polar surface area (TPSA) is 48.0 Å². The zero-order valence-corrected chi connectivity index (χ0v) is 10.6. The summed E-state index contributed by atoms with van der Waals surface area (Å²) in [7, 11) is 3.20. The van der Waals surface area contributed by atoms with Gasteiger partial charge in [-0.15, -0.1) is 0 Å². The van der Waals surface area contributed by atoms with Gasteiger partial charge in [0, 0.05) is 13.7 Å². The highest BCUT2D eigenvalue weighted by Crippen LogP contribution is 2.26. The van der Waals surface area contributed by atoms with Gasteiger partial charge in [0.1, 0.15) is 0 Å². The molecule has 0 aliphatic carbocycles. The summed E-state index contributed by atoms with van der Waals surface area (Å²) in [4.78, 5) is 13.6. The second-order valence-electron chi connectivity index (χ2n) is 4.11. The fraction of sp³-hybridized carbons (Fsp3) is 0.462. The summed E-state index contributed by atoms with van der Waals surface area (Å²) in [6, 6.07) is 7.09. The first kappa shape index (κ1) is 12.7. The highest BCUT2D eigenvalue weighted by Gasteiger charge is 2.27. The molecule has 2 rings (SSSR count). The van der Waals surface area contributed by atoms with Gasteiger partial charge in [-0.3, -0.25) is 0 Å². The Morgan fingerprint density at radius 2 is 2.00 bits per heavy atom. The molecule has 1 aromatic rings. The Labute approximate surface area is 106 Å². The number of hydrogen-bond donors (Lipinski definition) is 0. The fourth-order valence-corrected chi connectivity index (χ4v) is 1.95. The molecule has 18 heavy (non-hydrogen) atoms. The molecule has 0 bridgehead atoms. The smallest absolute Gasteiger partial charge is 0.415 e. The van der Waals surface area contributed by atoms with Gasteiger partial charge in [0.25, 0.3) is 0 Å². The van der Waals surface area contributed by atoms with Crippen molar-refractivity contribution in [3.05, 3.63) is 24.3 Å². The molecule has 1 unspecified atom stereocenters. The van der Waals surface area contributed by atoms with E-state index in [2.05, 4.69) is 0 Å². The number of ether oxygens (including phenoxy) is 3. The molecule has 1 fully saturated rings. The van der Waals surface area contributed by atoms with Crippen molar-refractivity contribution in [1.29, 1.82) is 0 Å². The standard InChI is InChI=1S/C13H17NO4/c1-16-10-7-8-14(9-10)13(15)18-12-6-4-3-5-11(12)17-2/h3-6,10H,7-9H2,1-2H3. The van der Waals surface area contributed by atoms with Gasteiger partial charge in [0.2, 0.25) is 0 Å². The number of nitrogens with zero attached hydrogens (tertiary/aromatic N) is 1. The van der Waals surface area contributed by atoms with Gasteiger partial charge in [-0.2, -0.15) is 0 Å². The molecular formula is C13H17NO4. The summed E-state index contributed by atoms with van der Waals surface area (Å²) >= 11 is 0. The Morgan fingerprint density at radius 1 is 1.28 bits per heavy atom. The SMILES string of the molecule is COc1ccccc1OC(=O)N1CCC(OC)C1. The van der Waals surface area contributed by atoms with Crippen LogP contribution < -0.4 is 9.47 Å². The maximum atomic E-state index is 11.9. The van der Waals surface area contributed by atoms with Crippen molar-refractivity contribution >= 4 is 6.09 Å². The zero-order valence-electron chi connectivity index (χ0n) is 10.6. The predicted octanol–water partition coefficient (Wildman–Crippen LogP) is 1.91. The summed E-state index contributed by atoms with van der Waals surface area (Å²) in [5, 5.41) is 0. The summed E-state index contributed by atoms with van der Waals surface area (Å²) in [5.74, 6) is 0.985. The van der Waals surface area contributed by atoms with E-state index in [1.54, 1.807) is 37.3 Å². The second-order valence-corrected chi connectivity index (χ2v) is 4.11. The molecule has 1 saturated heterocycles. The van der Waals surface area contributed by atoms with Gasteiger partial charge in [0.05, 0.1) is 19.8 Å². The minimum Gasteiger partial charge on any atom is -0.493 e. The third kappa shape index (κ3) is 2.73. The molecule has 0 saturated carbocycles. The number of hydrogen-bond acceptors (Lipinski definition) is 4. The van der Waals surface area contributed by atoms with Crippen LogP contribution in [0.5, 0.6) is 11.5 Å². The first-order valence-corrected chi connectivity index (χ1v) is 5.87. The number of likely N-dealkylation sites (tertiary alicyclic amines) is 1. The molecule has 0 N–H and O–H groups in total. The molecule has 1 amide bonds. The largest absolute Gasteiger partial charge is 0.493 e. The molecule has 0 radical (unpaired) electrons. The van der Waals surface area contributed by atoms with Crippen molar-refractivity contribution in [1.82, 2.24) is 4.90 Å². The van der Waals surface area contributed by atoms with E-state index in [-0.39, 0.29) is 12.2 Å². The van der Waals surface area contributed by atoms with E-state index in [0.717, 1.165) is 6.42 Å². The zero-order chi connectivity index (χ0) is 13.0. The lowest BCUT2D eigenvalue weighted by molar-refractivity contribution is 0.104. The number of rotatable bonds is 3. The number of carbonyl (C=O) groups is 1. The van der Waals surface area contributed by atoms with Gasteiger partial charge in [-0.1, -0.05) is 12.1 Å². The molecule has 1 aliphatic rings. The van der Waals surface area contributed by atoms with E-state index in [0.29, 0.717) is 24.6 Å². The Morgan fingerprint density at radius 3 is 2.61 bits per heavy atom. The van der Waals surface area contributed by atoms with Gasteiger partial charge < -0.3 is 19.1 Å². The van der Waals surface area contributed by atoms with Crippen LogP contribution in [0.4, 0.5) is 4.79 Å². The lowest BCUT2D eigenvalue weighted by atomic mass is 10.3. The minimum atomic E-state index is -0.362. The number of carbonyl (C=O) groups excluding carboxylic acids is 1. The molecule has 1 atom stereocenters. The van der Waals surface area contributed by atoms with Gasteiger partial charge in [-0.05, 0) is 18.6 Å². The van der Waals surface area contributed by atoms with Crippen molar-refractivity contribution < 1.29 is 19.0 Å². The van der Waals surface area contributed by atoms with E-state index >= 15 is 0 Å². The third-order valence-electron chi connectivity index (χ3n) is 3.00. The number of benzene rings is 1. The van der Waals surface area contributed by atoms with Crippen LogP contribution in [-0.4, -0.2) is 44.4 Å². The Balaban J connectivity index is 1.99. The first-order valence-electron chi connectivity index (χ1n) is 5.87. The van der Waals surface area contributed by atoms with Crippen molar-refractivity contribution in [2.75, 3.05) is 27.3 Å². The fourth-order valence-electron chi connectivity index (χ4n) is 1.95. The van der Waals surface area contributed by atoms with Crippen molar-refractivity contribution in [2.24, 2.45) is 0 Å². The average molecular weight is 251 g/mol. The average Bonchev–Trinajstić information content (AvgIpc) is 2.88. The van der Waals surface area contributed by atoms with Crippen molar-refractivity contribution in [3.63, 3.8) is 0 Å². The van der Waals surface area contributed by atoms with E-state index in [1.165, 1.54) is 0 Å². The molecule has 1 aliphatic heterocycles. The quantitative estimate of drug-likeness (QED) is 0.823. The van der Waals surface area contributed by atoms with Gasteiger partial charge in [0.15, 0.2) is 11.5 Å². The van der Waals surface area contributed by atoms with Crippen molar-refractivity contribution in [3.8, 4) is 11.5 Å². The lowest BCUT2D eigenvalue weighted by Gasteiger charge is -2.16. The van der Waals surface area contributed by atoms with Crippen LogP contribution in [0.1, 0.15) is 6.42 Å². The van der Waals surface area contributed by atoms with Crippen LogP contribution >= 0.6 is 0 Å². The minimum absolute atomic E-state index is 0.107. The Bertz CT molecular complexity index is 421. The summed E-state index contributed by atoms with van der Waals surface area (Å²) in [6.45, 7) is 1.23. The van der Waals surface area contributed by atoms with E-state index < -0.39 is 0 Å². The lowest BCUT2D eigenvalue weighted by Crippen LogP contribution is -2.32. The Hall–Kier alpha value is -1.75. The number of amides is 1. The molecule has 1 heterocycles.